The molecule has 162 valence electrons. The van der Waals surface area contributed by atoms with Crippen molar-refractivity contribution in [3.63, 3.8) is 0 Å². The number of hydrogen-bond acceptors (Lipinski definition) is 4. The zero-order chi connectivity index (χ0) is 20.8. The lowest BCUT2D eigenvalue weighted by atomic mass is 9.92. The molecule has 4 nitrogen and oxygen atoms in total. The maximum atomic E-state index is 5.84. The van der Waals surface area contributed by atoms with Gasteiger partial charge in [-0.15, -0.1) is 0 Å². The highest BCUT2D eigenvalue weighted by Gasteiger charge is 2.40. The molecule has 2 aliphatic rings. The van der Waals surface area contributed by atoms with E-state index in [1.54, 1.807) is 0 Å². The normalized spacial score (nSPS) is 21.3. The fraction of sp³-hybridized carbons (Fsp3) is 0.538. The Kier molecular flexibility index (Phi) is 7.56. The highest BCUT2D eigenvalue weighted by molar-refractivity contribution is 5.32. The molecular weight excluding hydrogens is 370 g/mol. The number of ether oxygens (including phenoxy) is 1. The van der Waals surface area contributed by atoms with Crippen molar-refractivity contribution in [3.05, 3.63) is 71.8 Å². The molecule has 0 amide bonds. The summed E-state index contributed by atoms with van der Waals surface area (Å²) in [5, 5.41) is 3.61. The monoisotopic (exact) mass is 407 g/mol. The van der Waals surface area contributed by atoms with Gasteiger partial charge in [0.2, 0.25) is 0 Å². The van der Waals surface area contributed by atoms with Gasteiger partial charge in [-0.2, -0.15) is 0 Å². The summed E-state index contributed by atoms with van der Waals surface area (Å²) in [4.78, 5) is 5.36. The van der Waals surface area contributed by atoms with Crippen LogP contribution in [0, 0.1) is 5.92 Å². The summed E-state index contributed by atoms with van der Waals surface area (Å²) in [6.45, 7) is 11.8. The number of rotatable bonds is 9. The topological polar surface area (TPSA) is 27.7 Å². The van der Waals surface area contributed by atoms with Crippen LogP contribution in [0.1, 0.15) is 37.4 Å². The first-order chi connectivity index (χ1) is 14.7. The number of nitrogens with one attached hydrogen (secondary N) is 1. The van der Waals surface area contributed by atoms with E-state index in [9.17, 15) is 0 Å². The van der Waals surface area contributed by atoms with Gasteiger partial charge in [0.1, 0.15) is 0 Å². The van der Waals surface area contributed by atoms with E-state index in [0.29, 0.717) is 24.0 Å². The molecule has 0 aliphatic carbocycles. The van der Waals surface area contributed by atoms with Gasteiger partial charge in [0.15, 0.2) is 0 Å². The molecule has 2 aromatic rings. The Labute approximate surface area is 182 Å². The minimum Gasteiger partial charge on any atom is -0.378 e. The quantitative estimate of drug-likeness (QED) is 0.640. The molecule has 1 N–H and O–H groups in total. The van der Waals surface area contributed by atoms with Crippen LogP contribution in [0.25, 0.3) is 0 Å². The Morgan fingerprint density at radius 3 is 2.20 bits per heavy atom. The predicted octanol–water partition coefficient (Wildman–Crippen LogP) is 3.80. The smallest absolute Gasteiger partial charge is 0.0623 e. The standard InChI is InChI=1S/C26H37N3O/c1-21(2)17-27-14-13-24-20-30-16-15-29(24)25-18-28(19-25)26(22-9-5-3-6-10-22)23-11-7-4-8-12-23/h3-12,21,24-27H,13-20H2,1-2H3. The van der Waals surface area contributed by atoms with Crippen LogP contribution in [0.2, 0.25) is 0 Å². The Balaban J connectivity index is 1.38. The van der Waals surface area contributed by atoms with E-state index in [0.717, 1.165) is 45.9 Å². The summed E-state index contributed by atoms with van der Waals surface area (Å²) in [5.41, 5.74) is 2.78. The molecule has 1 atom stereocenters. The van der Waals surface area contributed by atoms with E-state index in [1.165, 1.54) is 17.5 Å². The van der Waals surface area contributed by atoms with Gasteiger partial charge in [0.25, 0.3) is 0 Å². The van der Waals surface area contributed by atoms with Crippen LogP contribution >= 0.6 is 0 Å². The SMILES string of the molecule is CC(C)CNCCC1COCCN1C1CN(C(c2ccccc2)c2ccccc2)C1. The van der Waals surface area contributed by atoms with Gasteiger partial charge in [0, 0.05) is 31.7 Å². The first-order valence-electron chi connectivity index (χ1n) is 11.6. The van der Waals surface area contributed by atoms with Crippen LogP contribution in [0.15, 0.2) is 60.7 Å². The second-order valence-electron chi connectivity index (χ2n) is 9.18. The molecule has 4 rings (SSSR count). The molecule has 2 saturated heterocycles. The lowest BCUT2D eigenvalue weighted by Gasteiger charge is -2.52. The number of likely N-dealkylation sites (tertiary alicyclic amines) is 1. The Bertz CT molecular complexity index is 706. The van der Waals surface area contributed by atoms with Crippen LogP contribution in [-0.2, 0) is 4.74 Å². The Morgan fingerprint density at radius 2 is 1.60 bits per heavy atom. The molecular formula is C26H37N3O. The fourth-order valence-electron chi connectivity index (χ4n) is 4.85. The number of morpholine rings is 1. The van der Waals surface area contributed by atoms with Gasteiger partial charge >= 0.3 is 0 Å². The van der Waals surface area contributed by atoms with Crippen molar-refractivity contribution in [2.75, 3.05) is 45.9 Å². The molecule has 1 unspecified atom stereocenters. The second kappa shape index (κ2) is 10.5. The first-order valence-corrected chi connectivity index (χ1v) is 11.6. The van der Waals surface area contributed by atoms with E-state index in [4.69, 9.17) is 4.74 Å². The summed E-state index contributed by atoms with van der Waals surface area (Å²) in [6.07, 6.45) is 1.17. The second-order valence-corrected chi connectivity index (χ2v) is 9.18. The van der Waals surface area contributed by atoms with Crippen molar-refractivity contribution in [1.29, 1.82) is 0 Å². The first kappa shape index (κ1) is 21.5. The van der Waals surface area contributed by atoms with Crippen molar-refractivity contribution < 1.29 is 4.74 Å². The molecule has 0 aromatic heterocycles. The summed E-state index contributed by atoms with van der Waals surface area (Å²) < 4.78 is 5.84. The maximum Gasteiger partial charge on any atom is 0.0623 e. The van der Waals surface area contributed by atoms with Crippen molar-refractivity contribution in [3.8, 4) is 0 Å². The largest absolute Gasteiger partial charge is 0.378 e. The summed E-state index contributed by atoms with van der Waals surface area (Å²) in [6, 6.07) is 23.4. The molecule has 2 fully saturated rings. The Hall–Kier alpha value is -1.72. The highest BCUT2D eigenvalue weighted by Crippen LogP contribution is 2.34. The third-order valence-corrected chi connectivity index (χ3v) is 6.44. The molecule has 0 spiro atoms. The molecule has 2 aliphatic heterocycles. The molecule has 0 radical (unpaired) electrons. The zero-order valence-corrected chi connectivity index (χ0v) is 18.5. The van der Waals surface area contributed by atoms with Gasteiger partial charge < -0.3 is 10.1 Å². The summed E-state index contributed by atoms with van der Waals surface area (Å²) in [7, 11) is 0. The van der Waals surface area contributed by atoms with Crippen LogP contribution < -0.4 is 5.32 Å². The number of nitrogens with zero attached hydrogens (tertiary/aromatic N) is 2. The van der Waals surface area contributed by atoms with Crippen LogP contribution in [-0.4, -0.2) is 67.8 Å². The molecule has 2 heterocycles. The summed E-state index contributed by atoms with van der Waals surface area (Å²) in [5.74, 6) is 0.705. The zero-order valence-electron chi connectivity index (χ0n) is 18.5. The van der Waals surface area contributed by atoms with Gasteiger partial charge in [-0.1, -0.05) is 74.5 Å². The molecule has 0 saturated carbocycles. The maximum absolute atomic E-state index is 5.84. The van der Waals surface area contributed by atoms with Crippen molar-refractivity contribution in [2.45, 2.75) is 38.4 Å². The summed E-state index contributed by atoms with van der Waals surface area (Å²) >= 11 is 0. The molecule has 4 heteroatoms. The third-order valence-electron chi connectivity index (χ3n) is 6.44. The average Bonchev–Trinajstić information content (AvgIpc) is 2.75. The molecule has 2 aromatic carbocycles. The van der Waals surface area contributed by atoms with Crippen LogP contribution in [0.4, 0.5) is 0 Å². The fourth-order valence-corrected chi connectivity index (χ4v) is 4.85. The van der Waals surface area contributed by atoms with E-state index in [1.807, 2.05) is 0 Å². The van der Waals surface area contributed by atoms with Crippen molar-refractivity contribution >= 4 is 0 Å². The highest BCUT2D eigenvalue weighted by atomic mass is 16.5. The van der Waals surface area contributed by atoms with E-state index < -0.39 is 0 Å². The lowest BCUT2D eigenvalue weighted by molar-refractivity contribution is -0.0764. The number of benzene rings is 2. The molecule has 30 heavy (non-hydrogen) atoms. The predicted molar refractivity (Wildman–Crippen MR) is 124 cm³/mol. The van der Waals surface area contributed by atoms with Gasteiger partial charge in [-0.05, 0) is 36.6 Å². The van der Waals surface area contributed by atoms with Gasteiger partial charge in [-0.3, -0.25) is 9.80 Å². The Morgan fingerprint density at radius 1 is 0.967 bits per heavy atom. The van der Waals surface area contributed by atoms with Crippen molar-refractivity contribution in [1.82, 2.24) is 15.1 Å². The van der Waals surface area contributed by atoms with Crippen LogP contribution in [0.5, 0.6) is 0 Å². The number of hydrogen-bond donors (Lipinski definition) is 1. The van der Waals surface area contributed by atoms with E-state index in [2.05, 4.69) is 89.6 Å². The van der Waals surface area contributed by atoms with Gasteiger partial charge in [0.05, 0.1) is 19.3 Å². The lowest BCUT2D eigenvalue weighted by Crippen LogP contribution is -2.64. The third kappa shape index (κ3) is 5.30. The minimum absolute atomic E-state index is 0.343. The van der Waals surface area contributed by atoms with Crippen LogP contribution in [0.3, 0.4) is 0 Å². The average molecular weight is 408 g/mol. The van der Waals surface area contributed by atoms with Gasteiger partial charge in [-0.25, -0.2) is 0 Å². The van der Waals surface area contributed by atoms with E-state index in [-0.39, 0.29) is 0 Å². The van der Waals surface area contributed by atoms with Crippen molar-refractivity contribution in [2.24, 2.45) is 5.92 Å². The van der Waals surface area contributed by atoms with E-state index >= 15 is 0 Å². The molecule has 0 bridgehead atoms. The minimum atomic E-state index is 0.343.